The highest BCUT2D eigenvalue weighted by atomic mass is 32.1. The van der Waals surface area contributed by atoms with Crippen LogP contribution in [0.4, 0.5) is 8.78 Å². The van der Waals surface area contributed by atoms with Crippen LogP contribution in [-0.2, 0) is 24.2 Å². The number of carbonyl (C=O) groups is 1. The van der Waals surface area contributed by atoms with Gasteiger partial charge in [0.05, 0.1) is 20.8 Å². The fraction of sp³-hybridized carbons (Fsp3) is 0.212. The van der Waals surface area contributed by atoms with Gasteiger partial charge in [0.15, 0.2) is 11.6 Å². The van der Waals surface area contributed by atoms with Crippen LogP contribution in [0, 0.1) is 11.6 Å². The minimum atomic E-state index is -0.524. The molecule has 0 spiro atoms. The summed E-state index contributed by atoms with van der Waals surface area (Å²) in [4.78, 5) is 22.9. The summed E-state index contributed by atoms with van der Waals surface area (Å²) in [5, 5.41) is 3.37. The Morgan fingerprint density at radius 1 is 0.929 bits per heavy atom. The molecule has 9 heteroatoms. The molecule has 214 valence electrons. The maximum Gasteiger partial charge on any atom is 0.166 e. The molecule has 42 heavy (non-hydrogen) atoms. The van der Waals surface area contributed by atoms with Gasteiger partial charge in [-0.1, -0.05) is 43.4 Å². The largest absolute Gasteiger partial charge is 0.453 e. The van der Waals surface area contributed by atoms with Crippen LogP contribution in [0.5, 0.6) is 11.5 Å². The van der Waals surface area contributed by atoms with Gasteiger partial charge in [0, 0.05) is 49.1 Å². The van der Waals surface area contributed by atoms with Crippen molar-refractivity contribution in [3.8, 4) is 22.1 Å². The summed E-state index contributed by atoms with van der Waals surface area (Å²) in [5.41, 5.74) is 4.08. The van der Waals surface area contributed by atoms with E-state index >= 15 is 4.39 Å². The average Bonchev–Trinajstić information content (AvgIpc) is 3.41. The first-order chi connectivity index (χ1) is 20.4. The zero-order valence-electron chi connectivity index (χ0n) is 23.0. The molecule has 0 saturated carbocycles. The number of halogens is 2. The molecule has 5 aromatic rings. The number of ketones is 1. The van der Waals surface area contributed by atoms with E-state index in [2.05, 4.69) is 28.3 Å². The molecule has 0 aliphatic carbocycles. The Morgan fingerprint density at radius 3 is 2.45 bits per heavy atom. The van der Waals surface area contributed by atoms with Crippen LogP contribution >= 0.6 is 23.6 Å². The van der Waals surface area contributed by atoms with Gasteiger partial charge in [-0.2, -0.15) is 0 Å². The second-order valence-electron chi connectivity index (χ2n) is 9.96. The number of ether oxygens (including phenoxy) is 1. The quantitative estimate of drug-likeness (QED) is 0.109. The molecular formula is C33H29F2N3O2S2. The summed E-state index contributed by atoms with van der Waals surface area (Å²) in [5.74, 6) is -0.353. The molecule has 5 nitrogen and oxygen atoms in total. The Bertz CT molecular complexity index is 1700. The summed E-state index contributed by atoms with van der Waals surface area (Å²) in [7, 11) is 0. The molecule has 0 aliphatic heterocycles. The topological polar surface area (TPSA) is 64.1 Å². The first kappa shape index (κ1) is 29.6. The number of nitrogens with zero attached hydrogens (tertiary/aromatic N) is 2. The van der Waals surface area contributed by atoms with Crippen molar-refractivity contribution in [2.24, 2.45) is 0 Å². The van der Waals surface area contributed by atoms with Crippen molar-refractivity contribution in [3.05, 3.63) is 107 Å². The van der Waals surface area contributed by atoms with E-state index in [-0.39, 0.29) is 36.6 Å². The third-order valence-electron chi connectivity index (χ3n) is 6.54. The Labute approximate surface area is 252 Å². The van der Waals surface area contributed by atoms with Crippen molar-refractivity contribution in [2.75, 3.05) is 6.54 Å². The van der Waals surface area contributed by atoms with Crippen LogP contribution in [-0.4, -0.2) is 27.2 Å². The number of aromatic nitrogens is 2. The number of benzene rings is 2. The van der Waals surface area contributed by atoms with Crippen molar-refractivity contribution in [2.45, 2.75) is 39.2 Å². The number of hydrogen-bond acceptors (Lipinski definition) is 7. The predicted octanol–water partition coefficient (Wildman–Crippen LogP) is 8.04. The molecule has 2 aromatic carbocycles. The molecule has 3 aromatic heterocycles. The average molecular weight is 602 g/mol. The number of nitrogens with one attached hydrogen (secondary N) is 1. The maximum absolute atomic E-state index is 15.1. The van der Waals surface area contributed by atoms with E-state index in [9.17, 15) is 9.18 Å². The monoisotopic (exact) mass is 601 g/mol. The van der Waals surface area contributed by atoms with E-state index in [1.54, 1.807) is 36.5 Å². The first-order valence-electron chi connectivity index (χ1n) is 13.7. The van der Waals surface area contributed by atoms with E-state index in [0.717, 1.165) is 51.4 Å². The van der Waals surface area contributed by atoms with Crippen molar-refractivity contribution >= 4 is 44.4 Å². The number of fused-ring (bicyclic) bond motifs is 1. The summed E-state index contributed by atoms with van der Waals surface area (Å²) in [6.07, 6.45) is 5.14. The highest BCUT2D eigenvalue weighted by Crippen LogP contribution is 2.39. The summed E-state index contributed by atoms with van der Waals surface area (Å²) in [6.45, 7) is 3.87. The number of thiocarbonyl (C=S) groups is 1. The van der Waals surface area contributed by atoms with Gasteiger partial charge in [0.25, 0.3) is 0 Å². The van der Waals surface area contributed by atoms with Crippen LogP contribution < -0.4 is 10.1 Å². The molecule has 0 radical (unpaired) electrons. The predicted molar refractivity (Wildman–Crippen MR) is 167 cm³/mol. The SMILES string of the molecule is CCCNCc1ccc(-c2cc3nccc(Oc4ccc(CC(=S)CC(=O)Cc5ccc(F)cc5)cc4F)c3s2)nc1. The third-order valence-corrected chi connectivity index (χ3v) is 7.99. The lowest BCUT2D eigenvalue weighted by atomic mass is 10.0. The number of hydrogen-bond donors (Lipinski definition) is 1. The van der Waals surface area contributed by atoms with Crippen LogP contribution in [0.25, 0.3) is 20.8 Å². The van der Waals surface area contributed by atoms with Crippen LogP contribution in [0.15, 0.2) is 79.1 Å². The minimum absolute atomic E-state index is 0.0702. The zero-order chi connectivity index (χ0) is 29.5. The highest BCUT2D eigenvalue weighted by molar-refractivity contribution is 7.80. The maximum atomic E-state index is 15.1. The molecular weight excluding hydrogens is 573 g/mol. The Balaban J connectivity index is 1.23. The molecule has 0 aliphatic rings. The molecule has 0 fully saturated rings. The van der Waals surface area contributed by atoms with Gasteiger partial charge >= 0.3 is 0 Å². The van der Waals surface area contributed by atoms with Crippen molar-refractivity contribution in [3.63, 3.8) is 0 Å². The Hall–Kier alpha value is -3.92. The molecule has 0 atom stereocenters. The van der Waals surface area contributed by atoms with Gasteiger partial charge in [0.2, 0.25) is 0 Å². The second kappa shape index (κ2) is 13.8. The molecule has 1 N–H and O–H groups in total. The van der Waals surface area contributed by atoms with E-state index in [1.165, 1.54) is 29.5 Å². The fourth-order valence-corrected chi connectivity index (χ4v) is 5.83. The van der Waals surface area contributed by atoms with Gasteiger partial charge in [-0.3, -0.25) is 14.8 Å². The molecule has 0 unspecified atom stereocenters. The molecule has 0 saturated heterocycles. The van der Waals surface area contributed by atoms with Gasteiger partial charge in [-0.15, -0.1) is 11.3 Å². The van der Waals surface area contributed by atoms with Crippen molar-refractivity contribution in [1.82, 2.24) is 15.3 Å². The Morgan fingerprint density at radius 2 is 1.71 bits per heavy atom. The lowest BCUT2D eigenvalue weighted by molar-refractivity contribution is -0.117. The number of thiophene rings is 1. The standard InChI is InChI=1S/C33H29F2N3O2S2/c1-2-12-36-19-23-5-9-28(38-20-23)32-18-29-33(42-32)31(11-13-37-29)40-30-10-6-22(16-27(30)35)15-26(41)17-25(39)14-21-3-7-24(34)8-4-21/h3-11,13,16,18,20,36H,2,12,14-15,17,19H2,1H3. The zero-order valence-corrected chi connectivity index (χ0v) is 24.7. The molecule has 3 heterocycles. The van der Waals surface area contributed by atoms with Gasteiger partial charge in [0.1, 0.15) is 17.3 Å². The second-order valence-corrected chi connectivity index (χ2v) is 11.6. The highest BCUT2D eigenvalue weighted by Gasteiger charge is 2.15. The summed E-state index contributed by atoms with van der Waals surface area (Å²) >= 11 is 6.90. The Kier molecular flexibility index (Phi) is 9.74. The third kappa shape index (κ3) is 7.67. The van der Waals surface area contributed by atoms with Crippen LogP contribution in [0.3, 0.4) is 0 Å². The van der Waals surface area contributed by atoms with Gasteiger partial charge in [-0.05, 0) is 66.1 Å². The van der Waals surface area contributed by atoms with Crippen molar-refractivity contribution < 1.29 is 18.3 Å². The smallest absolute Gasteiger partial charge is 0.166 e. The van der Waals surface area contributed by atoms with Gasteiger partial charge < -0.3 is 10.1 Å². The minimum Gasteiger partial charge on any atom is -0.453 e. The van der Waals surface area contributed by atoms with E-state index in [1.807, 2.05) is 18.3 Å². The number of Topliss-reactive ketones (excluding diaryl/α,β-unsaturated/α-hetero) is 1. The van der Waals surface area contributed by atoms with Crippen LogP contribution in [0.1, 0.15) is 36.5 Å². The first-order valence-corrected chi connectivity index (χ1v) is 14.9. The van der Waals surface area contributed by atoms with Crippen LogP contribution in [0.2, 0.25) is 0 Å². The molecule has 0 amide bonds. The fourth-order valence-electron chi connectivity index (χ4n) is 4.46. The lowest BCUT2D eigenvalue weighted by Gasteiger charge is -2.10. The summed E-state index contributed by atoms with van der Waals surface area (Å²) in [6, 6.07) is 18.2. The summed E-state index contributed by atoms with van der Waals surface area (Å²) < 4.78 is 35.0. The lowest BCUT2D eigenvalue weighted by Crippen LogP contribution is -2.13. The molecule has 5 rings (SSSR count). The van der Waals surface area contributed by atoms with Gasteiger partial charge in [-0.25, -0.2) is 8.78 Å². The van der Waals surface area contributed by atoms with E-state index in [0.29, 0.717) is 16.2 Å². The normalized spacial score (nSPS) is 11.1. The van der Waals surface area contributed by atoms with E-state index < -0.39 is 5.82 Å². The molecule has 0 bridgehead atoms. The number of rotatable bonds is 13. The van der Waals surface area contributed by atoms with Crippen molar-refractivity contribution in [1.29, 1.82) is 0 Å². The van der Waals surface area contributed by atoms with E-state index in [4.69, 9.17) is 17.0 Å². The number of pyridine rings is 2. The number of carbonyl (C=O) groups excluding carboxylic acids is 1.